The summed E-state index contributed by atoms with van der Waals surface area (Å²) in [4.78, 5) is 12.7. The van der Waals surface area contributed by atoms with Gasteiger partial charge in [0, 0.05) is 12.4 Å². The molecule has 0 saturated heterocycles. The summed E-state index contributed by atoms with van der Waals surface area (Å²) < 4.78 is 43.3. The monoisotopic (exact) mass is 519 g/mol. The van der Waals surface area contributed by atoms with Gasteiger partial charge in [0.25, 0.3) is 5.91 Å². The van der Waals surface area contributed by atoms with Crippen LogP contribution in [0.4, 0.5) is 0 Å². The molecule has 0 saturated carbocycles. The van der Waals surface area contributed by atoms with Crippen LogP contribution in [0.5, 0.6) is 17.2 Å². The molecule has 1 amide bonds. The van der Waals surface area contributed by atoms with Crippen molar-refractivity contribution in [3.05, 3.63) is 102 Å². The predicted molar refractivity (Wildman–Crippen MR) is 139 cm³/mol. The minimum Gasteiger partial charge on any atom is -0.497 e. The van der Waals surface area contributed by atoms with Gasteiger partial charge in [0.2, 0.25) is 0 Å². The summed E-state index contributed by atoms with van der Waals surface area (Å²) in [7, 11) is -2.61. The number of benzene rings is 3. The Morgan fingerprint density at radius 3 is 2.41 bits per heavy atom. The van der Waals surface area contributed by atoms with Crippen molar-refractivity contribution in [1.82, 2.24) is 9.99 Å². The number of nitrogens with zero attached hydrogens (tertiary/aromatic N) is 2. The molecule has 1 heterocycles. The molecule has 0 unspecified atom stereocenters. The van der Waals surface area contributed by atoms with E-state index in [-0.39, 0.29) is 28.9 Å². The molecule has 0 aliphatic carbocycles. The molecule has 0 radical (unpaired) electrons. The van der Waals surface area contributed by atoms with Crippen LogP contribution in [0.25, 0.3) is 5.69 Å². The molecule has 10 heteroatoms. The highest BCUT2D eigenvalue weighted by atomic mass is 32.2. The van der Waals surface area contributed by atoms with Crippen molar-refractivity contribution in [2.24, 2.45) is 5.10 Å². The summed E-state index contributed by atoms with van der Waals surface area (Å²) in [5.74, 6) is 0.390. The highest BCUT2D eigenvalue weighted by Crippen LogP contribution is 2.31. The first kappa shape index (κ1) is 25.5. The zero-order chi connectivity index (χ0) is 26.3. The first-order valence-corrected chi connectivity index (χ1v) is 12.7. The molecular formula is C27H25N3O6S. The number of amides is 1. The first-order chi connectivity index (χ1) is 17.9. The molecule has 37 heavy (non-hydrogen) atoms. The smallest absolute Gasteiger partial charge is 0.339 e. The van der Waals surface area contributed by atoms with Crippen LogP contribution in [0.2, 0.25) is 0 Å². The Balaban J connectivity index is 1.49. The number of hydrogen-bond donors (Lipinski definition) is 1. The lowest BCUT2D eigenvalue weighted by molar-refractivity contribution is 0.0955. The van der Waals surface area contributed by atoms with Crippen molar-refractivity contribution in [3.63, 3.8) is 0 Å². The van der Waals surface area contributed by atoms with Crippen LogP contribution in [-0.4, -0.2) is 38.8 Å². The van der Waals surface area contributed by atoms with Crippen molar-refractivity contribution in [1.29, 1.82) is 0 Å². The summed E-state index contributed by atoms with van der Waals surface area (Å²) in [5.41, 5.74) is 4.27. The maximum absolute atomic E-state index is 12.7. The van der Waals surface area contributed by atoms with Crippen LogP contribution in [0, 0.1) is 0 Å². The van der Waals surface area contributed by atoms with Crippen molar-refractivity contribution in [3.8, 4) is 22.9 Å². The molecular weight excluding hydrogens is 494 g/mol. The number of para-hydroxylation sites is 1. The number of hydrogen-bond acceptors (Lipinski definition) is 7. The van der Waals surface area contributed by atoms with E-state index >= 15 is 0 Å². The number of nitrogens with one attached hydrogen (secondary N) is 1. The van der Waals surface area contributed by atoms with E-state index in [0.29, 0.717) is 16.9 Å². The first-order valence-electron chi connectivity index (χ1n) is 11.3. The Morgan fingerprint density at radius 1 is 0.973 bits per heavy atom. The second kappa shape index (κ2) is 11.4. The molecule has 1 aromatic heterocycles. The number of aromatic nitrogens is 1. The lowest BCUT2D eigenvalue weighted by atomic mass is 10.1. The summed E-state index contributed by atoms with van der Waals surface area (Å²) in [5, 5.41) is 4.05. The van der Waals surface area contributed by atoms with Crippen molar-refractivity contribution in [2.75, 3.05) is 13.7 Å². The summed E-state index contributed by atoms with van der Waals surface area (Å²) in [6, 6.07) is 21.4. The van der Waals surface area contributed by atoms with Gasteiger partial charge in [-0.2, -0.15) is 13.5 Å². The fourth-order valence-electron chi connectivity index (χ4n) is 3.46. The van der Waals surface area contributed by atoms with E-state index < -0.39 is 10.1 Å². The second-order valence-corrected chi connectivity index (χ2v) is 9.21. The van der Waals surface area contributed by atoms with Crippen molar-refractivity contribution < 1.29 is 26.9 Å². The van der Waals surface area contributed by atoms with Gasteiger partial charge < -0.3 is 18.2 Å². The van der Waals surface area contributed by atoms with Crippen LogP contribution in [0.1, 0.15) is 22.8 Å². The zero-order valence-corrected chi connectivity index (χ0v) is 21.0. The van der Waals surface area contributed by atoms with E-state index in [1.165, 1.54) is 43.7 Å². The molecule has 190 valence electrons. The molecule has 9 nitrogen and oxygen atoms in total. The van der Waals surface area contributed by atoms with Crippen LogP contribution in [0.15, 0.2) is 101 Å². The fourth-order valence-corrected chi connectivity index (χ4v) is 4.40. The third-order valence-electron chi connectivity index (χ3n) is 5.23. The van der Waals surface area contributed by atoms with Crippen LogP contribution < -0.4 is 19.1 Å². The number of carbonyl (C=O) groups excluding carboxylic acids is 1. The SMILES string of the molecule is CCOc1cc(/C=N\NC(=O)c2ccccc2-n2cccc2)ccc1OS(=O)(=O)c1ccc(OC)cc1. The molecule has 0 aliphatic rings. The molecule has 1 N–H and O–H groups in total. The predicted octanol–water partition coefficient (Wildman–Crippen LogP) is 4.42. The number of ether oxygens (including phenoxy) is 2. The third kappa shape index (κ3) is 6.17. The topological polar surface area (TPSA) is 108 Å². The largest absolute Gasteiger partial charge is 0.497 e. The van der Waals surface area contributed by atoms with E-state index in [4.69, 9.17) is 13.7 Å². The minimum atomic E-state index is -4.10. The van der Waals surface area contributed by atoms with Gasteiger partial charge in [0.15, 0.2) is 11.5 Å². The fraction of sp³-hybridized carbons (Fsp3) is 0.111. The maximum atomic E-state index is 12.7. The summed E-state index contributed by atoms with van der Waals surface area (Å²) >= 11 is 0. The van der Waals surface area contributed by atoms with E-state index in [1.807, 2.05) is 41.2 Å². The Morgan fingerprint density at radius 2 is 1.70 bits per heavy atom. The van der Waals surface area contributed by atoms with Crippen LogP contribution >= 0.6 is 0 Å². The average Bonchev–Trinajstić information content (AvgIpc) is 3.45. The average molecular weight is 520 g/mol. The van der Waals surface area contributed by atoms with Crippen molar-refractivity contribution in [2.45, 2.75) is 11.8 Å². The maximum Gasteiger partial charge on any atom is 0.339 e. The standard InChI is InChI=1S/C27H25N3O6S/c1-3-35-26-18-20(10-15-25(26)36-37(32,33)22-13-11-21(34-2)12-14-22)19-28-29-27(31)23-8-4-5-9-24(23)30-16-6-7-17-30/h4-19H,3H2,1-2H3,(H,29,31)/b28-19-. The van der Waals surface area contributed by atoms with Gasteiger partial charge in [-0.1, -0.05) is 12.1 Å². The summed E-state index contributed by atoms with van der Waals surface area (Å²) in [6.07, 6.45) is 5.13. The molecule has 0 atom stereocenters. The van der Waals surface area contributed by atoms with Crippen LogP contribution in [0.3, 0.4) is 0 Å². The van der Waals surface area contributed by atoms with E-state index in [9.17, 15) is 13.2 Å². The Labute approximate surface area is 215 Å². The number of methoxy groups -OCH3 is 1. The normalized spacial score (nSPS) is 11.3. The Hall–Kier alpha value is -4.57. The van der Waals surface area contributed by atoms with Gasteiger partial charge in [0.05, 0.1) is 31.2 Å². The minimum absolute atomic E-state index is 0.0238. The number of rotatable bonds is 10. The zero-order valence-electron chi connectivity index (χ0n) is 20.2. The molecule has 0 fully saturated rings. The molecule has 4 rings (SSSR count). The van der Waals surface area contributed by atoms with Gasteiger partial charge >= 0.3 is 10.1 Å². The molecule has 0 spiro atoms. The van der Waals surface area contributed by atoms with Gasteiger partial charge in [-0.05, 0) is 79.2 Å². The highest BCUT2D eigenvalue weighted by molar-refractivity contribution is 7.87. The number of carbonyl (C=O) groups is 1. The lowest BCUT2D eigenvalue weighted by Crippen LogP contribution is -2.19. The van der Waals surface area contributed by atoms with E-state index in [0.717, 1.165) is 5.69 Å². The lowest BCUT2D eigenvalue weighted by Gasteiger charge is -2.13. The van der Waals surface area contributed by atoms with Gasteiger partial charge in [-0.15, -0.1) is 0 Å². The molecule has 0 bridgehead atoms. The highest BCUT2D eigenvalue weighted by Gasteiger charge is 2.20. The number of hydrazone groups is 1. The van der Waals surface area contributed by atoms with E-state index in [2.05, 4.69) is 10.5 Å². The second-order valence-electron chi connectivity index (χ2n) is 7.66. The van der Waals surface area contributed by atoms with E-state index in [1.54, 1.807) is 31.2 Å². The molecule has 3 aromatic carbocycles. The summed E-state index contributed by atoms with van der Waals surface area (Å²) in [6.45, 7) is 2.05. The van der Waals surface area contributed by atoms with Gasteiger partial charge in [0.1, 0.15) is 10.6 Å². The van der Waals surface area contributed by atoms with Gasteiger partial charge in [-0.25, -0.2) is 5.43 Å². The Kier molecular flexibility index (Phi) is 7.89. The Bertz CT molecular complexity index is 1500. The van der Waals surface area contributed by atoms with Crippen molar-refractivity contribution >= 4 is 22.2 Å². The van der Waals surface area contributed by atoms with Gasteiger partial charge in [-0.3, -0.25) is 4.79 Å². The third-order valence-corrected chi connectivity index (χ3v) is 6.47. The van der Waals surface area contributed by atoms with Crippen LogP contribution in [-0.2, 0) is 10.1 Å². The molecule has 0 aliphatic heterocycles. The quantitative estimate of drug-likeness (QED) is 0.189. The molecule has 4 aromatic rings.